The van der Waals surface area contributed by atoms with Gasteiger partial charge in [-0.3, -0.25) is 5.32 Å². The number of rotatable bonds is 5. The number of ether oxygens (including phenoxy) is 1. The minimum atomic E-state index is -1.05. The van der Waals surface area contributed by atoms with Gasteiger partial charge in [-0.2, -0.15) is 0 Å². The Morgan fingerprint density at radius 2 is 2.44 bits per heavy atom. The van der Waals surface area contributed by atoms with E-state index in [0.29, 0.717) is 0 Å². The summed E-state index contributed by atoms with van der Waals surface area (Å²) in [4.78, 5) is 11.4. The van der Waals surface area contributed by atoms with Gasteiger partial charge >= 0.3 is 6.03 Å². The second-order valence-corrected chi connectivity index (χ2v) is 4.66. The molecule has 0 aliphatic heterocycles. The first-order valence-corrected chi connectivity index (χ1v) is 5.71. The highest BCUT2D eigenvalue weighted by Gasteiger charge is 2.20. The van der Waals surface area contributed by atoms with E-state index in [2.05, 4.69) is 10.6 Å². The van der Waals surface area contributed by atoms with E-state index >= 15 is 0 Å². The van der Waals surface area contributed by atoms with E-state index in [0.717, 1.165) is 5.00 Å². The molecule has 16 heavy (non-hydrogen) atoms. The normalized spacial score (nSPS) is 14.2. The number of anilines is 1. The van der Waals surface area contributed by atoms with E-state index in [9.17, 15) is 9.90 Å². The van der Waals surface area contributed by atoms with Gasteiger partial charge in [0.15, 0.2) is 0 Å². The van der Waals surface area contributed by atoms with Crippen LogP contribution in [0.15, 0.2) is 17.5 Å². The van der Waals surface area contributed by atoms with Crippen LogP contribution in [0.4, 0.5) is 9.80 Å². The molecule has 1 aromatic rings. The predicted molar refractivity (Wildman–Crippen MR) is 63.8 cm³/mol. The Balaban J connectivity index is 2.30. The molecule has 0 spiro atoms. The van der Waals surface area contributed by atoms with Crippen LogP contribution in [0.3, 0.4) is 0 Å². The molecule has 0 unspecified atom stereocenters. The number of amides is 2. The lowest BCUT2D eigenvalue weighted by molar-refractivity contribution is -0.0133. The van der Waals surface area contributed by atoms with Gasteiger partial charge in [0.1, 0.15) is 5.60 Å². The van der Waals surface area contributed by atoms with Crippen molar-refractivity contribution in [2.45, 2.75) is 12.5 Å². The maximum atomic E-state index is 11.4. The van der Waals surface area contributed by atoms with Crippen molar-refractivity contribution in [1.82, 2.24) is 5.32 Å². The van der Waals surface area contributed by atoms with Crippen LogP contribution < -0.4 is 10.6 Å². The van der Waals surface area contributed by atoms with Gasteiger partial charge in [0.05, 0.1) is 18.2 Å². The van der Waals surface area contributed by atoms with E-state index in [1.165, 1.54) is 18.4 Å². The quantitative estimate of drug-likeness (QED) is 0.730. The SMILES string of the molecule is COC[C@](C)(O)CNC(=O)Nc1cccs1. The molecule has 0 radical (unpaired) electrons. The van der Waals surface area contributed by atoms with Crippen molar-refractivity contribution < 1.29 is 14.6 Å². The highest BCUT2D eigenvalue weighted by Crippen LogP contribution is 2.14. The Bertz CT molecular complexity index is 325. The van der Waals surface area contributed by atoms with Crippen molar-refractivity contribution in [1.29, 1.82) is 0 Å². The van der Waals surface area contributed by atoms with Gasteiger partial charge in [-0.25, -0.2) is 4.79 Å². The Kier molecular flexibility index (Phi) is 4.72. The lowest BCUT2D eigenvalue weighted by Crippen LogP contribution is -2.45. The van der Waals surface area contributed by atoms with Gasteiger partial charge in [0.2, 0.25) is 0 Å². The zero-order valence-corrected chi connectivity index (χ0v) is 10.1. The molecule has 0 saturated carbocycles. The first kappa shape index (κ1) is 13.0. The third kappa shape index (κ3) is 4.61. The van der Waals surface area contributed by atoms with Crippen LogP contribution in [0.25, 0.3) is 0 Å². The van der Waals surface area contributed by atoms with Crippen molar-refractivity contribution in [3.05, 3.63) is 17.5 Å². The molecule has 6 heteroatoms. The molecule has 2 amide bonds. The highest BCUT2D eigenvalue weighted by molar-refractivity contribution is 7.14. The number of hydrogen-bond donors (Lipinski definition) is 3. The smallest absolute Gasteiger partial charge is 0.319 e. The Morgan fingerprint density at radius 3 is 3.00 bits per heavy atom. The second kappa shape index (κ2) is 5.83. The van der Waals surface area contributed by atoms with Crippen molar-refractivity contribution in [3.8, 4) is 0 Å². The van der Waals surface area contributed by atoms with Crippen molar-refractivity contribution in [3.63, 3.8) is 0 Å². The maximum absolute atomic E-state index is 11.4. The summed E-state index contributed by atoms with van der Waals surface area (Å²) in [5.41, 5.74) is -1.05. The van der Waals surface area contributed by atoms with Crippen LogP contribution in [-0.2, 0) is 4.74 Å². The van der Waals surface area contributed by atoms with Gasteiger partial charge in [-0.15, -0.1) is 11.3 Å². The number of hydrogen-bond acceptors (Lipinski definition) is 4. The molecule has 0 aliphatic rings. The fourth-order valence-corrected chi connectivity index (χ4v) is 1.75. The maximum Gasteiger partial charge on any atom is 0.319 e. The number of aliphatic hydroxyl groups is 1. The topological polar surface area (TPSA) is 70.6 Å². The van der Waals surface area contributed by atoms with Crippen LogP contribution in [0.5, 0.6) is 0 Å². The minimum absolute atomic E-state index is 0.137. The Hall–Kier alpha value is -1.11. The summed E-state index contributed by atoms with van der Waals surface area (Å²) >= 11 is 1.44. The van der Waals surface area contributed by atoms with Crippen LogP contribution in [0, 0.1) is 0 Å². The molecule has 1 atom stereocenters. The molecule has 0 saturated heterocycles. The first-order valence-electron chi connectivity index (χ1n) is 4.83. The molecule has 1 aromatic heterocycles. The van der Waals surface area contributed by atoms with Gasteiger partial charge in [-0.05, 0) is 24.4 Å². The lowest BCUT2D eigenvalue weighted by Gasteiger charge is -2.22. The second-order valence-electron chi connectivity index (χ2n) is 3.71. The molecule has 0 aromatic carbocycles. The van der Waals surface area contributed by atoms with Crippen molar-refractivity contribution >= 4 is 22.4 Å². The van der Waals surface area contributed by atoms with E-state index in [-0.39, 0.29) is 19.2 Å². The number of nitrogens with one attached hydrogen (secondary N) is 2. The summed E-state index contributed by atoms with van der Waals surface area (Å²) in [6, 6.07) is 3.32. The molecule has 90 valence electrons. The van der Waals surface area contributed by atoms with Crippen molar-refractivity contribution in [2.75, 3.05) is 25.6 Å². The number of urea groups is 1. The molecule has 1 heterocycles. The van der Waals surface area contributed by atoms with Gasteiger partial charge in [-0.1, -0.05) is 0 Å². The van der Waals surface area contributed by atoms with Crippen molar-refractivity contribution in [2.24, 2.45) is 0 Å². The third-order valence-electron chi connectivity index (χ3n) is 1.84. The molecule has 1 rings (SSSR count). The third-order valence-corrected chi connectivity index (χ3v) is 2.63. The molecular weight excluding hydrogens is 228 g/mol. The summed E-state index contributed by atoms with van der Waals surface area (Å²) in [5, 5.41) is 17.6. The fourth-order valence-electron chi connectivity index (χ4n) is 1.14. The number of thiophene rings is 1. The van der Waals surface area contributed by atoms with Crippen LogP contribution in [0.1, 0.15) is 6.92 Å². The molecular formula is C10H16N2O3S. The van der Waals surface area contributed by atoms with Gasteiger partial charge in [0, 0.05) is 7.11 Å². The average molecular weight is 244 g/mol. The summed E-state index contributed by atoms with van der Waals surface area (Å²) in [5.74, 6) is 0. The van der Waals surface area contributed by atoms with E-state index in [1.54, 1.807) is 13.0 Å². The fraction of sp³-hybridized carbons (Fsp3) is 0.500. The van der Waals surface area contributed by atoms with E-state index < -0.39 is 5.60 Å². The summed E-state index contributed by atoms with van der Waals surface area (Å²) in [7, 11) is 1.50. The molecule has 0 bridgehead atoms. The summed E-state index contributed by atoms with van der Waals surface area (Å²) < 4.78 is 4.83. The standard InChI is InChI=1S/C10H16N2O3S/c1-10(14,7-15-2)6-11-9(13)12-8-4-3-5-16-8/h3-5,14H,6-7H2,1-2H3,(H2,11,12,13)/t10-/m1/s1. The zero-order valence-electron chi connectivity index (χ0n) is 9.32. The molecule has 0 fully saturated rings. The number of carbonyl (C=O) groups excluding carboxylic acids is 1. The summed E-state index contributed by atoms with van der Waals surface area (Å²) in [6.45, 7) is 1.91. The minimum Gasteiger partial charge on any atom is -0.386 e. The first-order chi connectivity index (χ1) is 7.53. The Morgan fingerprint density at radius 1 is 1.69 bits per heavy atom. The predicted octanol–water partition coefficient (Wildman–Crippen LogP) is 1.27. The lowest BCUT2D eigenvalue weighted by atomic mass is 10.1. The Labute approximate surface area is 98.4 Å². The summed E-state index contributed by atoms with van der Waals surface area (Å²) in [6.07, 6.45) is 0. The number of carbonyl (C=O) groups is 1. The van der Waals surface area contributed by atoms with E-state index in [1.807, 2.05) is 11.4 Å². The zero-order chi connectivity index (χ0) is 12.0. The van der Waals surface area contributed by atoms with Crippen LogP contribution in [0.2, 0.25) is 0 Å². The van der Waals surface area contributed by atoms with Gasteiger partial charge < -0.3 is 15.2 Å². The van der Waals surface area contributed by atoms with Crippen LogP contribution >= 0.6 is 11.3 Å². The van der Waals surface area contributed by atoms with Gasteiger partial charge in [0.25, 0.3) is 0 Å². The number of methoxy groups -OCH3 is 1. The van der Waals surface area contributed by atoms with Crippen LogP contribution in [-0.4, -0.2) is 37.0 Å². The van der Waals surface area contributed by atoms with E-state index in [4.69, 9.17) is 4.74 Å². The molecule has 5 nitrogen and oxygen atoms in total. The molecule has 3 N–H and O–H groups in total. The molecule has 0 aliphatic carbocycles. The highest BCUT2D eigenvalue weighted by atomic mass is 32.1. The largest absolute Gasteiger partial charge is 0.386 e. The monoisotopic (exact) mass is 244 g/mol. The average Bonchev–Trinajstić information content (AvgIpc) is 2.68.